The minimum atomic E-state index is 0.249. The molecule has 3 rings (SSSR count). The number of carbonyl (C=O) groups excluding carboxylic acids is 1. The summed E-state index contributed by atoms with van der Waals surface area (Å²) in [6, 6.07) is 5.81. The number of ketones is 1. The molecule has 1 saturated carbocycles. The van der Waals surface area contributed by atoms with Crippen LogP contribution in [0.2, 0.25) is 0 Å². The van der Waals surface area contributed by atoms with Crippen LogP contribution >= 0.6 is 0 Å². The van der Waals surface area contributed by atoms with Gasteiger partial charge < -0.3 is 9.72 Å². The lowest BCUT2D eigenvalue weighted by Gasteiger charge is -2.01. The van der Waals surface area contributed by atoms with Crippen LogP contribution in [-0.2, 0) is 0 Å². The van der Waals surface area contributed by atoms with E-state index in [1.807, 2.05) is 25.1 Å². The smallest absolute Gasteiger partial charge is 0.168 e. The number of hydrogen-bond acceptors (Lipinski definition) is 2. The normalized spacial score (nSPS) is 15.2. The Kier molecular flexibility index (Phi) is 2.21. The Balaban J connectivity index is 2.20. The first-order valence-electron chi connectivity index (χ1n) is 5.91. The average Bonchev–Trinajstić information content (AvgIpc) is 3.11. The topological polar surface area (TPSA) is 42.1 Å². The lowest BCUT2D eigenvalue weighted by atomic mass is 10.0. The molecule has 1 aromatic carbocycles. The minimum Gasteiger partial charge on any atom is -0.497 e. The molecule has 3 nitrogen and oxygen atoms in total. The lowest BCUT2D eigenvalue weighted by molar-refractivity contribution is 0.0968. The SMILES string of the molecule is COc1ccc2[nH]c(C)c(C(=O)C3CC3)c2c1. The lowest BCUT2D eigenvalue weighted by Crippen LogP contribution is -2.02. The Morgan fingerprint density at radius 1 is 1.41 bits per heavy atom. The summed E-state index contributed by atoms with van der Waals surface area (Å²) in [7, 11) is 1.64. The summed E-state index contributed by atoms with van der Waals surface area (Å²) in [5.74, 6) is 1.32. The third kappa shape index (κ3) is 1.62. The van der Waals surface area contributed by atoms with E-state index in [-0.39, 0.29) is 11.7 Å². The first-order valence-corrected chi connectivity index (χ1v) is 5.91. The number of H-pyrrole nitrogens is 1. The van der Waals surface area contributed by atoms with E-state index in [1.165, 1.54) is 0 Å². The van der Waals surface area contributed by atoms with Crippen molar-refractivity contribution in [2.75, 3.05) is 7.11 Å². The van der Waals surface area contributed by atoms with Crippen LogP contribution in [-0.4, -0.2) is 17.9 Å². The second-order valence-electron chi connectivity index (χ2n) is 4.68. The molecule has 0 atom stereocenters. The van der Waals surface area contributed by atoms with Gasteiger partial charge in [0.1, 0.15) is 5.75 Å². The maximum absolute atomic E-state index is 12.2. The molecule has 0 spiro atoms. The molecule has 1 N–H and O–H groups in total. The highest BCUT2D eigenvalue weighted by Gasteiger charge is 2.32. The molecule has 0 unspecified atom stereocenters. The monoisotopic (exact) mass is 229 g/mol. The summed E-state index contributed by atoms with van der Waals surface area (Å²) >= 11 is 0. The van der Waals surface area contributed by atoms with Gasteiger partial charge in [0, 0.05) is 28.1 Å². The maximum Gasteiger partial charge on any atom is 0.168 e. The Bertz CT molecular complexity index is 594. The number of nitrogens with one attached hydrogen (secondary N) is 1. The quantitative estimate of drug-likeness (QED) is 0.822. The molecule has 0 aliphatic heterocycles. The number of methoxy groups -OCH3 is 1. The van der Waals surface area contributed by atoms with Gasteiger partial charge in [-0.1, -0.05) is 0 Å². The van der Waals surface area contributed by atoms with Crippen LogP contribution in [0.5, 0.6) is 5.75 Å². The predicted octanol–water partition coefficient (Wildman–Crippen LogP) is 3.08. The fourth-order valence-corrected chi connectivity index (χ4v) is 2.30. The standard InChI is InChI=1S/C14H15NO2/c1-8-13(14(16)9-3-4-9)11-7-10(17-2)5-6-12(11)15-8/h5-7,9,15H,3-4H2,1-2H3. The highest BCUT2D eigenvalue weighted by Crippen LogP contribution is 2.36. The van der Waals surface area contributed by atoms with Gasteiger partial charge in [-0.25, -0.2) is 0 Å². The van der Waals surface area contributed by atoms with Crippen LogP contribution in [0, 0.1) is 12.8 Å². The number of fused-ring (bicyclic) bond motifs is 1. The van der Waals surface area contributed by atoms with Gasteiger partial charge in [0.2, 0.25) is 0 Å². The predicted molar refractivity (Wildman–Crippen MR) is 66.6 cm³/mol. The van der Waals surface area contributed by atoms with Crippen LogP contribution < -0.4 is 4.74 Å². The van der Waals surface area contributed by atoms with Crippen molar-refractivity contribution in [2.45, 2.75) is 19.8 Å². The van der Waals surface area contributed by atoms with Crippen molar-refractivity contribution in [1.82, 2.24) is 4.98 Å². The summed E-state index contributed by atoms with van der Waals surface area (Å²) in [5, 5.41) is 0.985. The third-order valence-corrected chi connectivity index (χ3v) is 3.39. The zero-order valence-corrected chi connectivity index (χ0v) is 10.0. The molecule has 17 heavy (non-hydrogen) atoms. The molecule has 1 aliphatic rings. The van der Waals surface area contributed by atoms with Gasteiger partial charge in [-0.2, -0.15) is 0 Å². The zero-order chi connectivity index (χ0) is 12.0. The Morgan fingerprint density at radius 3 is 2.82 bits per heavy atom. The van der Waals surface area contributed by atoms with Gasteiger partial charge in [-0.3, -0.25) is 4.79 Å². The molecule has 1 aromatic heterocycles. The minimum absolute atomic E-state index is 0.249. The van der Waals surface area contributed by atoms with Crippen molar-refractivity contribution in [3.63, 3.8) is 0 Å². The van der Waals surface area contributed by atoms with Crippen LogP contribution in [0.4, 0.5) is 0 Å². The van der Waals surface area contributed by atoms with Crippen molar-refractivity contribution in [3.05, 3.63) is 29.5 Å². The largest absolute Gasteiger partial charge is 0.497 e. The molecular formula is C14H15NO2. The second-order valence-corrected chi connectivity index (χ2v) is 4.68. The third-order valence-electron chi connectivity index (χ3n) is 3.39. The summed E-state index contributed by atoms with van der Waals surface area (Å²) < 4.78 is 5.22. The van der Waals surface area contributed by atoms with Crippen molar-refractivity contribution >= 4 is 16.7 Å². The average molecular weight is 229 g/mol. The van der Waals surface area contributed by atoms with E-state index in [0.717, 1.165) is 40.8 Å². The number of aromatic nitrogens is 1. The fourth-order valence-electron chi connectivity index (χ4n) is 2.30. The zero-order valence-electron chi connectivity index (χ0n) is 10.0. The van der Waals surface area contributed by atoms with Crippen LogP contribution in [0.15, 0.2) is 18.2 Å². The molecule has 1 fully saturated rings. The van der Waals surface area contributed by atoms with E-state index in [0.29, 0.717) is 0 Å². The number of hydrogen-bond donors (Lipinski definition) is 1. The maximum atomic E-state index is 12.2. The number of rotatable bonds is 3. The Hall–Kier alpha value is -1.77. The number of aromatic amines is 1. The highest BCUT2D eigenvalue weighted by molar-refractivity contribution is 6.11. The van der Waals surface area contributed by atoms with Gasteiger partial charge in [-0.15, -0.1) is 0 Å². The Morgan fingerprint density at radius 2 is 2.18 bits per heavy atom. The molecule has 3 heteroatoms. The first kappa shape index (κ1) is 10.4. The van der Waals surface area contributed by atoms with Crippen molar-refractivity contribution in [2.24, 2.45) is 5.92 Å². The number of carbonyl (C=O) groups is 1. The Labute approximate surface area is 99.8 Å². The van der Waals surface area contributed by atoms with E-state index >= 15 is 0 Å². The molecule has 88 valence electrons. The number of aryl methyl sites for hydroxylation is 1. The van der Waals surface area contributed by atoms with E-state index < -0.39 is 0 Å². The van der Waals surface area contributed by atoms with Crippen LogP contribution in [0.1, 0.15) is 28.9 Å². The summed E-state index contributed by atoms with van der Waals surface area (Å²) in [4.78, 5) is 15.5. The van der Waals surface area contributed by atoms with Gasteiger partial charge in [-0.05, 0) is 38.0 Å². The van der Waals surface area contributed by atoms with Crippen LogP contribution in [0.3, 0.4) is 0 Å². The van der Waals surface area contributed by atoms with E-state index in [4.69, 9.17) is 4.74 Å². The fraction of sp³-hybridized carbons (Fsp3) is 0.357. The molecule has 1 heterocycles. The van der Waals surface area contributed by atoms with E-state index in [9.17, 15) is 4.79 Å². The van der Waals surface area contributed by atoms with Crippen LogP contribution in [0.25, 0.3) is 10.9 Å². The second kappa shape index (κ2) is 3.62. The van der Waals surface area contributed by atoms with Gasteiger partial charge in [0.05, 0.1) is 7.11 Å². The summed E-state index contributed by atoms with van der Waals surface area (Å²) in [5.41, 5.74) is 2.82. The number of benzene rings is 1. The van der Waals surface area contributed by atoms with Crippen molar-refractivity contribution < 1.29 is 9.53 Å². The van der Waals surface area contributed by atoms with E-state index in [2.05, 4.69) is 4.98 Å². The molecule has 0 saturated heterocycles. The molecule has 2 aromatic rings. The molecule has 0 amide bonds. The highest BCUT2D eigenvalue weighted by atomic mass is 16.5. The molecule has 0 bridgehead atoms. The van der Waals surface area contributed by atoms with Gasteiger partial charge >= 0.3 is 0 Å². The molecular weight excluding hydrogens is 214 g/mol. The van der Waals surface area contributed by atoms with E-state index in [1.54, 1.807) is 7.11 Å². The van der Waals surface area contributed by atoms with Crippen molar-refractivity contribution in [3.8, 4) is 5.75 Å². The molecule has 1 aliphatic carbocycles. The van der Waals surface area contributed by atoms with Gasteiger partial charge in [0.15, 0.2) is 5.78 Å². The molecule has 0 radical (unpaired) electrons. The van der Waals surface area contributed by atoms with Gasteiger partial charge in [0.25, 0.3) is 0 Å². The number of ether oxygens (including phenoxy) is 1. The summed E-state index contributed by atoms with van der Waals surface area (Å²) in [6.45, 7) is 1.96. The number of Topliss-reactive ketones (excluding diaryl/α,β-unsaturated/α-hetero) is 1. The first-order chi connectivity index (χ1) is 8.20. The summed E-state index contributed by atoms with van der Waals surface area (Å²) in [6.07, 6.45) is 2.07. The van der Waals surface area contributed by atoms with Crippen molar-refractivity contribution in [1.29, 1.82) is 0 Å².